The monoisotopic (exact) mass is 752 g/mol. The molecule has 10 aromatic rings. The molecule has 2 heteroatoms. The maximum absolute atomic E-state index is 5.32. The summed E-state index contributed by atoms with van der Waals surface area (Å²) in [6.45, 7) is 4.74. The second kappa shape index (κ2) is 13.9. The van der Waals surface area contributed by atoms with Crippen LogP contribution in [0.4, 0.5) is 0 Å². The van der Waals surface area contributed by atoms with Crippen LogP contribution in [0, 0.1) is 0 Å². The first-order valence-corrected chi connectivity index (χ1v) is 20.4. The Labute approximate surface area is 345 Å². The average Bonchev–Trinajstić information content (AvgIpc) is 3.54. The maximum atomic E-state index is 5.32. The van der Waals surface area contributed by atoms with Gasteiger partial charge in [-0.25, -0.2) is 9.97 Å². The van der Waals surface area contributed by atoms with Crippen LogP contribution in [0.15, 0.2) is 206 Å². The Bertz CT molecular complexity index is 3100. The largest absolute Gasteiger partial charge is 0.228 e. The average molecular weight is 753 g/mol. The summed E-state index contributed by atoms with van der Waals surface area (Å²) >= 11 is 0. The Morgan fingerprint density at radius 3 is 1.49 bits per heavy atom. The van der Waals surface area contributed by atoms with Gasteiger partial charge < -0.3 is 0 Å². The van der Waals surface area contributed by atoms with Gasteiger partial charge in [0, 0.05) is 22.1 Å². The van der Waals surface area contributed by atoms with Gasteiger partial charge in [0.1, 0.15) is 0 Å². The smallest absolute Gasteiger partial charge is 0.160 e. The first kappa shape index (κ1) is 34.8. The standard InChI is InChI=1S/C57H40N2/c1-57(2)52-34-30-44(35-51(52)50-31-29-41-17-9-10-18-46(41)55(50)57)45-32-33-49(48-20-12-11-19-47(45)48)54-36-53(42-25-21-39(22-26-42)37-13-5-3-6-14-37)58-56(59-54)43-27-23-40(24-28-43)38-15-7-4-8-16-38/h3-36H,1-2H3. The minimum Gasteiger partial charge on any atom is -0.228 e. The number of fused-ring (bicyclic) bond motifs is 6. The number of aromatic nitrogens is 2. The van der Waals surface area contributed by atoms with Crippen LogP contribution in [0.5, 0.6) is 0 Å². The molecule has 1 aromatic heterocycles. The van der Waals surface area contributed by atoms with Crippen LogP contribution in [-0.4, -0.2) is 9.97 Å². The lowest BCUT2D eigenvalue weighted by atomic mass is 9.80. The van der Waals surface area contributed by atoms with E-state index in [9.17, 15) is 0 Å². The van der Waals surface area contributed by atoms with Crippen molar-refractivity contribution < 1.29 is 0 Å². The zero-order valence-electron chi connectivity index (χ0n) is 33.0. The molecule has 0 bridgehead atoms. The molecule has 59 heavy (non-hydrogen) atoms. The number of nitrogens with zero attached hydrogens (tertiary/aromatic N) is 2. The third-order valence-corrected chi connectivity index (χ3v) is 12.3. The number of benzene rings is 9. The van der Waals surface area contributed by atoms with E-state index >= 15 is 0 Å². The molecule has 9 aromatic carbocycles. The molecule has 0 atom stereocenters. The molecular weight excluding hydrogens is 713 g/mol. The summed E-state index contributed by atoms with van der Waals surface area (Å²) in [6, 6.07) is 74.2. The number of hydrogen-bond acceptors (Lipinski definition) is 2. The second-order valence-corrected chi connectivity index (χ2v) is 16.1. The zero-order chi connectivity index (χ0) is 39.5. The second-order valence-electron chi connectivity index (χ2n) is 16.1. The molecule has 0 spiro atoms. The van der Waals surface area contributed by atoms with E-state index in [4.69, 9.17) is 9.97 Å². The third kappa shape index (κ3) is 5.96. The highest BCUT2D eigenvalue weighted by molar-refractivity contribution is 6.06. The van der Waals surface area contributed by atoms with E-state index in [0.29, 0.717) is 5.82 Å². The fourth-order valence-electron chi connectivity index (χ4n) is 9.33. The molecule has 0 saturated carbocycles. The van der Waals surface area contributed by atoms with Crippen LogP contribution in [0.25, 0.3) is 100.0 Å². The lowest BCUT2D eigenvalue weighted by Crippen LogP contribution is -2.15. The summed E-state index contributed by atoms with van der Waals surface area (Å²) in [4.78, 5) is 10.5. The van der Waals surface area contributed by atoms with Gasteiger partial charge in [0.05, 0.1) is 11.4 Å². The molecule has 0 aliphatic heterocycles. The van der Waals surface area contributed by atoms with Gasteiger partial charge in [-0.2, -0.15) is 0 Å². The van der Waals surface area contributed by atoms with Crippen molar-refractivity contribution in [3.63, 3.8) is 0 Å². The Morgan fingerprint density at radius 2 is 0.814 bits per heavy atom. The number of hydrogen-bond donors (Lipinski definition) is 0. The van der Waals surface area contributed by atoms with Crippen molar-refractivity contribution in [1.29, 1.82) is 0 Å². The Morgan fingerprint density at radius 1 is 0.322 bits per heavy atom. The van der Waals surface area contributed by atoms with Crippen molar-refractivity contribution in [2.24, 2.45) is 0 Å². The van der Waals surface area contributed by atoms with Gasteiger partial charge in [-0.05, 0) is 89.3 Å². The van der Waals surface area contributed by atoms with Crippen molar-refractivity contribution >= 4 is 21.5 Å². The highest BCUT2D eigenvalue weighted by Gasteiger charge is 2.37. The molecule has 1 aliphatic carbocycles. The van der Waals surface area contributed by atoms with Gasteiger partial charge in [-0.1, -0.05) is 208 Å². The SMILES string of the molecule is CC1(C)c2ccc(-c3ccc(-c4cc(-c5ccc(-c6ccccc6)cc5)nc(-c5ccc(-c6ccccc6)cc5)n4)c4ccccc34)cc2-c2ccc3ccccc3c21. The molecule has 0 amide bonds. The summed E-state index contributed by atoms with van der Waals surface area (Å²) < 4.78 is 0. The van der Waals surface area contributed by atoms with Gasteiger partial charge in [-0.15, -0.1) is 0 Å². The predicted molar refractivity (Wildman–Crippen MR) is 247 cm³/mol. The van der Waals surface area contributed by atoms with Crippen molar-refractivity contribution in [3.05, 3.63) is 217 Å². The Balaban J connectivity index is 1.04. The molecule has 0 fully saturated rings. The van der Waals surface area contributed by atoms with E-state index < -0.39 is 0 Å². The van der Waals surface area contributed by atoms with E-state index in [1.54, 1.807) is 0 Å². The van der Waals surface area contributed by atoms with Crippen LogP contribution in [0.1, 0.15) is 25.0 Å². The van der Waals surface area contributed by atoms with E-state index in [-0.39, 0.29) is 5.41 Å². The van der Waals surface area contributed by atoms with Crippen LogP contribution >= 0.6 is 0 Å². The normalized spacial score (nSPS) is 12.7. The summed E-state index contributed by atoms with van der Waals surface area (Å²) in [5.41, 5.74) is 17.4. The minimum atomic E-state index is -0.0951. The summed E-state index contributed by atoms with van der Waals surface area (Å²) in [5, 5.41) is 4.98. The molecule has 0 saturated heterocycles. The molecule has 0 radical (unpaired) electrons. The van der Waals surface area contributed by atoms with Crippen molar-refractivity contribution in [2.45, 2.75) is 19.3 Å². The van der Waals surface area contributed by atoms with Gasteiger partial charge in [0.2, 0.25) is 0 Å². The van der Waals surface area contributed by atoms with Gasteiger partial charge in [-0.3, -0.25) is 0 Å². The molecule has 0 unspecified atom stereocenters. The fraction of sp³-hybridized carbons (Fsp3) is 0.0526. The van der Waals surface area contributed by atoms with E-state index in [2.05, 4.69) is 214 Å². The van der Waals surface area contributed by atoms with Crippen LogP contribution in [0.2, 0.25) is 0 Å². The molecular formula is C57H40N2. The van der Waals surface area contributed by atoms with Gasteiger partial charge in [0.25, 0.3) is 0 Å². The quantitative estimate of drug-likeness (QED) is 0.169. The topological polar surface area (TPSA) is 25.8 Å². The van der Waals surface area contributed by atoms with Crippen molar-refractivity contribution in [2.75, 3.05) is 0 Å². The number of rotatable bonds is 6. The third-order valence-electron chi connectivity index (χ3n) is 12.3. The molecule has 0 N–H and O–H groups in total. The minimum absolute atomic E-state index is 0.0951. The summed E-state index contributed by atoms with van der Waals surface area (Å²) in [6.07, 6.45) is 0. The lowest BCUT2D eigenvalue weighted by molar-refractivity contribution is 0.666. The summed E-state index contributed by atoms with van der Waals surface area (Å²) in [7, 11) is 0. The molecule has 1 heterocycles. The predicted octanol–water partition coefficient (Wildman–Crippen LogP) is 15.1. The summed E-state index contributed by atoms with van der Waals surface area (Å²) in [5.74, 6) is 0.699. The Hall–Kier alpha value is -7.42. The highest BCUT2D eigenvalue weighted by atomic mass is 14.9. The van der Waals surface area contributed by atoms with Crippen molar-refractivity contribution in [1.82, 2.24) is 9.97 Å². The van der Waals surface area contributed by atoms with E-state index in [1.807, 2.05) is 6.07 Å². The van der Waals surface area contributed by atoms with E-state index in [0.717, 1.165) is 39.0 Å². The van der Waals surface area contributed by atoms with Gasteiger partial charge >= 0.3 is 0 Å². The molecule has 2 nitrogen and oxygen atoms in total. The van der Waals surface area contributed by atoms with Crippen LogP contribution < -0.4 is 0 Å². The molecule has 278 valence electrons. The van der Waals surface area contributed by atoms with Gasteiger partial charge in [0.15, 0.2) is 5.82 Å². The van der Waals surface area contributed by atoms with E-state index in [1.165, 1.54) is 66.2 Å². The van der Waals surface area contributed by atoms with Crippen LogP contribution in [-0.2, 0) is 5.41 Å². The zero-order valence-corrected chi connectivity index (χ0v) is 33.0. The van der Waals surface area contributed by atoms with Crippen molar-refractivity contribution in [3.8, 4) is 78.4 Å². The lowest BCUT2D eigenvalue weighted by Gasteiger charge is -2.23. The molecule has 1 aliphatic rings. The fourth-order valence-corrected chi connectivity index (χ4v) is 9.33. The Kier molecular flexibility index (Phi) is 8.20. The first-order valence-electron chi connectivity index (χ1n) is 20.4. The van der Waals surface area contributed by atoms with Crippen LogP contribution in [0.3, 0.4) is 0 Å². The highest BCUT2D eigenvalue weighted by Crippen LogP contribution is 2.52. The molecule has 11 rings (SSSR count). The maximum Gasteiger partial charge on any atom is 0.160 e. The first-order chi connectivity index (χ1) is 29.0.